The SMILES string of the molecule is C=C(CN(C)C)C(=O)CCC(NC(=O)[C@@H](CC(=O)CC)Cc1nc2ccc(Cl)cc2s1)C1CCCCC1. The van der Waals surface area contributed by atoms with Gasteiger partial charge in [-0.25, -0.2) is 4.98 Å². The number of ketones is 2. The number of thiazole rings is 1. The summed E-state index contributed by atoms with van der Waals surface area (Å²) in [5.41, 5.74) is 1.45. The van der Waals surface area contributed by atoms with E-state index in [0.29, 0.717) is 48.7 Å². The molecule has 1 heterocycles. The Hall–Kier alpha value is -2.09. The summed E-state index contributed by atoms with van der Waals surface area (Å²) in [6.45, 7) is 6.32. The van der Waals surface area contributed by atoms with Crippen molar-refractivity contribution in [3.05, 3.63) is 40.4 Å². The van der Waals surface area contributed by atoms with Crippen molar-refractivity contribution in [2.24, 2.45) is 11.8 Å². The minimum atomic E-state index is -0.492. The van der Waals surface area contributed by atoms with Gasteiger partial charge in [0.05, 0.1) is 21.1 Å². The maximum Gasteiger partial charge on any atom is 0.224 e. The van der Waals surface area contributed by atoms with Crippen LogP contribution in [-0.2, 0) is 20.8 Å². The molecule has 0 radical (unpaired) electrons. The van der Waals surface area contributed by atoms with Crippen molar-refractivity contribution in [2.45, 2.75) is 77.2 Å². The third-order valence-corrected chi connectivity index (χ3v) is 8.46. The van der Waals surface area contributed by atoms with Crippen molar-refractivity contribution in [1.82, 2.24) is 15.2 Å². The second kappa shape index (κ2) is 14.2. The minimum Gasteiger partial charge on any atom is -0.353 e. The van der Waals surface area contributed by atoms with Gasteiger partial charge in [-0.15, -0.1) is 11.3 Å². The molecule has 1 saturated carbocycles. The molecule has 1 unspecified atom stereocenters. The van der Waals surface area contributed by atoms with Crippen molar-refractivity contribution in [1.29, 1.82) is 0 Å². The first kappa shape index (κ1) is 29.5. The molecule has 37 heavy (non-hydrogen) atoms. The van der Waals surface area contributed by atoms with Crippen LogP contribution in [0.2, 0.25) is 5.02 Å². The molecule has 2 aromatic rings. The van der Waals surface area contributed by atoms with E-state index in [1.54, 1.807) is 6.07 Å². The van der Waals surface area contributed by atoms with Crippen molar-refractivity contribution in [3.8, 4) is 0 Å². The van der Waals surface area contributed by atoms with Crippen LogP contribution in [0.5, 0.6) is 0 Å². The number of likely N-dealkylation sites (N-methyl/N-ethyl adjacent to an activating group) is 1. The molecule has 1 amide bonds. The topological polar surface area (TPSA) is 79.4 Å². The van der Waals surface area contributed by atoms with E-state index >= 15 is 0 Å². The highest BCUT2D eigenvalue weighted by molar-refractivity contribution is 7.18. The molecule has 0 spiro atoms. The average molecular weight is 546 g/mol. The lowest BCUT2D eigenvalue weighted by Gasteiger charge is -2.32. The molecular weight excluding hydrogens is 506 g/mol. The number of amides is 1. The Morgan fingerprint density at radius 2 is 1.95 bits per heavy atom. The quantitative estimate of drug-likeness (QED) is 0.294. The molecule has 1 aliphatic rings. The van der Waals surface area contributed by atoms with Gasteiger partial charge in [0.1, 0.15) is 5.78 Å². The summed E-state index contributed by atoms with van der Waals surface area (Å²) < 4.78 is 0.972. The zero-order valence-electron chi connectivity index (χ0n) is 22.4. The Bertz CT molecular complexity index is 1110. The van der Waals surface area contributed by atoms with Crippen molar-refractivity contribution >= 4 is 50.6 Å². The highest BCUT2D eigenvalue weighted by atomic mass is 35.5. The Morgan fingerprint density at radius 3 is 2.62 bits per heavy atom. The molecule has 1 fully saturated rings. The standard InChI is InChI=1S/C29H40ClN3O3S/c1-5-23(34)15-21(16-28-31-25-12-11-22(30)17-27(25)37-28)29(36)32-24(20-9-7-6-8-10-20)13-14-26(35)19(2)18-33(3)4/h11-12,17,20-21,24H,2,5-10,13-16,18H2,1,3-4H3,(H,32,36)/t21-,24?/m0/s1. The maximum absolute atomic E-state index is 13.6. The number of hydrogen-bond acceptors (Lipinski definition) is 6. The van der Waals surface area contributed by atoms with Crippen LogP contribution in [0, 0.1) is 11.8 Å². The molecule has 0 aliphatic heterocycles. The molecule has 3 rings (SSSR count). The molecular formula is C29H40ClN3O3S. The average Bonchev–Trinajstić information content (AvgIpc) is 3.27. The predicted molar refractivity (Wildman–Crippen MR) is 152 cm³/mol. The van der Waals surface area contributed by atoms with Crippen LogP contribution < -0.4 is 5.32 Å². The fraction of sp³-hybridized carbons (Fsp3) is 0.586. The molecule has 202 valence electrons. The van der Waals surface area contributed by atoms with Crippen LogP contribution in [0.3, 0.4) is 0 Å². The number of aromatic nitrogens is 1. The van der Waals surface area contributed by atoms with E-state index in [4.69, 9.17) is 16.6 Å². The minimum absolute atomic E-state index is 0.0506. The monoisotopic (exact) mass is 545 g/mol. The zero-order valence-corrected chi connectivity index (χ0v) is 23.9. The van der Waals surface area contributed by atoms with Crippen LogP contribution in [0.25, 0.3) is 10.2 Å². The smallest absolute Gasteiger partial charge is 0.224 e. The zero-order chi connectivity index (χ0) is 26.9. The summed E-state index contributed by atoms with van der Waals surface area (Å²) >= 11 is 7.65. The highest BCUT2D eigenvalue weighted by Crippen LogP contribution is 2.30. The second-order valence-electron chi connectivity index (χ2n) is 10.5. The number of halogens is 1. The third-order valence-electron chi connectivity index (χ3n) is 7.19. The van der Waals surface area contributed by atoms with Crippen LogP contribution in [0.4, 0.5) is 0 Å². The van der Waals surface area contributed by atoms with Gasteiger partial charge in [0.25, 0.3) is 0 Å². The number of nitrogens with one attached hydrogen (secondary N) is 1. The maximum atomic E-state index is 13.6. The lowest BCUT2D eigenvalue weighted by Crippen LogP contribution is -2.45. The van der Waals surface area contributed by atoms with Crippen molar-refractivity contribution < 1.29 is 14.4 Å². The number of carbonyl (C=O) groups is 3. The summed E-state index contributed by atoms with van der Waals surface area (Å²) in [6.07, 6.45) is 7.55. The van der Waals surface area contributed by atoms with Gasteiger partial charge in [0, 0.05) is 48.9 Å². The number of nitrogens with zero attached hydrogens (tertiary/aromatic N) is 2. The van der Waals surface area contributed by atoms with Gasteiger partial charge in [0.15, 0.2) is 5.78 Å². The number of rotatable bonds is 14. The Morgan fingerprint density at radius 1 is 1.22 bits per heavy atom. The van der Waals surface area contributed by atoms with E-state index in [0.717, 1.165) is 40.9 Å². The first-order valence-corrected chi connectivity index (χ1v) is 14.6. The molecule has 6 nitrogen and oxygen atoms in total. The van der Waals surface area contributed by atoms with E-state index in [-0.39, 0.29) is 29.9 Å². The van der Waals surface area contributed by atoms with Gasteiger partial charge in [-0.05, 0) is 57.5 Å². The van der Waals surface area contributed by atoms with E-state index < -0.39 is 5.92 Å². The number of fused-ring (bicyclic) bond motifs is 1. The van der Waals surface area contributed by atoms with Crippen molar-refractivity contribution in [2.75, 3.05) is 20.6 Å². The van der Waals surface area contributed by atoms with Gasteiger partial charge in [-0.1, -0.05) is 44.4 Å². The van der Waals surface area contributed by atoms with E-state index in [1.807, 2.05) is 38.1 Å². The number of Topliss-reactive ketones (excluding diaryl/α,β-unsaturated/α-hetero) is 2. The van der Waals surface area contributed by atoms with Crippen molar-refractivity contribution in [3.63, 3.8) is 0 Å². The number of carbonyl (C=O) groups excluding carboxylic acids is 3. The largest absolute Gasteiger partial charge is 0.353 e. The van der Waals surface area contributed by atoms with Gasteiger partial charge in [0.2, 0.25) is 5.91 Å². The van der Waals surface area contributed by atoms with Gasteiger partial charge < -0.3 is 10.2 Å². The van der Waals surface area contributed by atoms with E-state index in [1.165, 1.54) is 17.8 Å². The first-order chi connectivity index (χ1) is 17.7. The number of benzene rings is 1. The summed E-state index contributed by atoms with van der Waals surface area (Å²) in [7, 11) is 3.84. The second-order valence-corrected chi connectivity index (χ2v) is 12.1. The van der Waals surface area contributed by atoms with Crippen LogP contribution in [0.15, 0.2) is 30.4 Å². The van der Waals surface area contributed by atoms with Crippen LogP contribution >= 0.6 is 22.9 Å². The molecule has 1 aromatic heterocycles. The van der Waals surface area contributed by atoms with E-state index in [9.17, 15) is 14.4 Å². The molecule has 1 N–H and O–H groups in total. The van der Waals surface area contributed by atoms with Crippen LogP contribution in [0.1, 0.15) is 69.7 Å². The fourth-order valence-electron chi connectivity index (χ4n) is 5.12. The highest BCUT2D eigenvalue weighted by Gasteiger charge is 2.30. The Kier molecular flexibility index (Phi) is 11.3. The van der Waals surface area contributed by atoms with Gasteiger partial charge in [-0.3, -0.25) is 14.4 Å². The normalized spacial score (nSPS) is 16.0. The predicted octanol–water partition coefficient (Wildman–Crippen LogP) is 6.01. The fourth-order valence-corrected chi connectivity index (χ4v) is 6.44. The lowest BCUT2D eigenvalue weighted by atomic mass is 9.81. The number of hydrogen-bond donors (Lipinski definition) is 1. The molecule has 8 heteroatoms. The first-order valence-electron chi connectivity index (χ1n) is 13.4. The van der Waals surface area contributed by atoms with Gasteiger partial charge >= 0.3 is 0 Å². The lowest BCUT2D eigenvalue weighted by molar-refractivity contribution is -0.130. The molecule has 0 bridgehead atoms. The van der Waals surface area contributed by atoms with E-state index in [2.05, 4.69) is 11.9 Å². The summed E-state index contributed by atoms with van der Waals surface area (Å²) in [6, 6.07) is 5.48. The third kappa shape index (κ3) is 9.01. The Labute approximate surface area is 229 Å². The summed E-state index contributed by atoms with van der Waals surface area (Å²) in [4.78, 5) is 45.4. The Balaban J connectivity index is 1.74. The molecule has 0 saturated heterocycles. The summed E-state index contributed by atoms with van der Waals surface area (Å²) in [5, 5.41) is 4.76. The molecule has 1 aromatic carbocycles. The molecule has 2 atom stereocenters. The van der Waals surface area contributed by atoms with Gasteiger partial charge in [-0.2, -0.15) is 0 Å². The molecule has 1 aliphatic carbocycles. The summed E-state index contributed by atoms with van der Waals surface area (Å²) in [5.74, 6) is -0.147. The van der Waals surface area contributed by atoms with Crippen LogP contribution in [-0.4, -0.2) is 54.0 Å².